The minimum atomic E-state index is -0.762. The van der Waals surface area contributed by atoms with Crippen molar-refractivity contribution in [3.8, 4) is 5.75 Å². The Morgan fingerprint density at radius 3 is 2.71 bits per heavy atom. The Kier molecular flexibility index (Phi) is 5.42. The highest BCUT2D eigenvalue weighted by Gasteiger charge is 2.12. The van der Waals surface area contributed by atoms with Gasteiger partial charge in [0.15, 0.2) is 0 Å². The van der Waals surface area contributed by atoms with Crippen molar-refractivity contribution in [2.75, 3.05) is 6.54 Å². The van der Waals surface area contributed by atoms with Crippen molar-refractivity contribution >= 4 is 23.2 Å². The third-order valence-corrected chi connectivity index (χ3v) is 3.60. The van der Waals surface area contributed by atoms with Gasteiger partial charge in [0.2, 0.25) is 0 Å². The van der Waals surface area contributed by atoms with Crippen LogP contribution in [0.3, 0.4) is 0 Å². The molecule has 6 heteroatoms. The maximum Gasteiger partial charge on any atom is 0.138 e. The highest BCUT2D eigenvalue weighted by atomic mass is 35.5. The van der Waals surface area contributed by atoms with Gasteiger partial charge in [0, 0.05) is 34.4 Å². The molecule has 21 heavy (non-hydrogen) atoms. The number of hydrogen-bond acceptors (Lipinski definition) is 4. The first kappa shape index (κ1) is 16.0. The quantitative estimate of drug-likeness (QED) is 0.789. The smallest absolute Gasteiger partial charge is 0.138 e. The van der Waals surface area contributed by atoms with E-state index in [0.717, 1.165) is 5.69 Å². The molecule has 1 unspecified atom stereocenters. The van der Waals surface area contributed by atoms with Crippen molar-refractivity contribution in [3.63, 3.8) is 0 Å². The van der Waals surface area contributed by atoms with Gasteiger partial charge < -0.3 is 15.5 Å². The first-order chi connectivity index (χ1) is 9.97. The van der Waals surface area contributed by atoms with Crippen LogP contribution in [0.4, 0.5) is 0 Å². The second-order valence-corrected chi connectivity index (χ2v) is 5.57. The number of aliphatic hydroxyl groups excluding tert-OH is 1. The maximum atomic E-state index is 10.1. The Balaban J connectivity index is 1.95. The molecule has 0 saturated heterocycles. The Labute approximate surface area is 133 Å². The molecule has 0 saturated carbocycles. The van der Waals surface area contributed by atoms with Gasteiger partial charge >= 0.3 is 0 Å². The largest absolute Gasteiger partial charge is 0.506 e. The zero-order valence-electron chi connectivity index (χ0n) is 11.5. The molecular formula is C15H16Cl2N2O2. The van der Waals surface area contributed by atoms with Gasteiger partial charge in [-0.3, -0.25) is 4.98 Å². The molecule has 1 aromatic carbocycles. The molecule has 0 aliphatic heterocycles. The third kappa shape index (κ3) is 4.32. The molecule has 1 aromatic heterocycles. The second kappa shape index (κ2) is 7.09. The monoisotopic (exact) mass is 326 g/mol. The number of halogens is 2. The number of rotatable bonds is 5. The van der Waals surface area contributed by atoms with E-state index in [2.05, 4.69) is 10.3 Å². The number of pyridine rings is 1. The van der Waals surface area contributed by atoms with Crippen LogP contribution in [0, 0.1) is 6.92 Å². The lowest BCUT2D eigenvalue weighted by molar-refractivity contribution is 0.174. The van der Waals surface area contributed by atoms with E-state index in [1.807, 2.05) is 6.92 Å². The number of hydrogen-bond donors (Lipinski definition) is 3. The van der Waals surface area contributed by atoms with E-state index in [0.29, 0.717) is 27.8 Å². The molecular weight excluding hydrogens is 311 g/mol. The first-order valence-corrected chi connectivity index (χ1v) is 7.22. The molecule has 2 aromatic rings. The molecule has 0 fully saturated rings. The second-order valence-electron chi connectivity index (χ2n) is 4.73. The highest BCUT2D eigenvalue weighted by molar-refractivity contribution is 6.35. The van der Waals surface area contributed by atoms with Crippen molar-refractivity contribution in [2.45, 2.75) is 19.6 Å². The standard InChI is InChI=1S/C15H16Cl2N2O2/c1-9-2-5-14(20)13(19-9)7-18-8-15(21)11-4-3-10(16)6-12(11)17/h2-6,15,18,20-21H,7-8H2,1H3. The zero-order valence-corrected chi connectivity index (χ0v) is 13.0. The number of benzene rings is 1. The van der Waals surface area contributed by atoms with E-state index in [4.69, 9.17) is 23.2 Å². The van der Waals surface area contributed by atoms with Crippen molar-refractivity contribution in [1.29, 1.82) is 0 Å². The lowest BCUT2D eigenvalue weighted by Crippen LogP contribution is -2.22. The minimum absolute atomic E-state index is 0.132. The molecule has 2 rings (SSSR count). The number of aromatic hydroxyl groups is 1. The van der Waals surface area contributed by atoms with Gasteiger partial charge in [-0.15, -0.1) is 0 Å². The van der Waals surface area contributed by atoms with Crippen molar-refractivity contribution < 1.29 is 10.2 Å². The molecule has 0 aliphatic rings. The summed E-state index contributed by atoms with van der Waals surface area (Å²) in [5, 5.41) is 23.8. The fraction of sp³-hybridized carbons (Fsp3) is 0.267. The topological polar surface area (TPSA) is 65.4 Å². The van der Waals surface area contributed by atoms with Crippen LogP contribution >= 0.6 is 23.2 Å². The molecule has 0 amide bonds. The van der Waals surface area contributed by atoms with E-state index < -0.39 is 6.10 Å². The van der Waals surface area contributed by atoms with E-state index in [1.165, 1.54) is 0 Å². The van der Waals surface area contributed by atoms with Crippen LogP contribution in [-0.4, -0.2) is 21.7 Å². The first-order valence-electron chi connectivity index (χ1n) is 6.46. The van der Waals surface area contributed by atoms with Crippen LogP contribution in [0.5, 0.6) is 5.75 Å². The van der Waals surface area contributed by atoms with E-state index >= 15 is 0 Å². The van der Waals surface area contributed by atoms with Crippen LogP contribution in [0.15, 0.2) is 30.3 Å². The fourth-order valence-corrected chi connectivity index (χ4v) is 2.48. The van der Waals surface area contributed by atoms with Crippen LogP contribution in [0.25, 0.3) is 0 Å². The van der Waals surface area contributed by atoms with E-state index in [9.17, 15) is 10.2 Å². The Morgan fingerprint density at radius 1 is 1.24 bits per heavy atom. The SMILES string of the molecule is Cc1ccc(O)c(CNCC(O)c2ccc(Cl)cc2Cl)n1. The minimum Gasteiger partial charge on any atom is -0.506 e. The van der Waals surface area contributed by atoms with E-state index in [-0.39, 0.29) is 12.3 Å². The zero-order chi connectivity index (χ0) is 15.4. The van der Waals surface area contributed by atoms with Gasteiger partial charge in [-0.25, -0.2) is 0 Å². The third-order valence-electron chi connectivity index (χ3n) is 3.04. The molecule has 1 heterocycles. The predicted octanol–water partition coefficient (Wildman–Crippen LogP) is 3.23. The van der Waals surface area contributed by atoms with Gasteiger partial charge in [0.1, 0.15) is 5.75 Å². The van der Waals surface area contributed by atoms with Crippen molar-refractivity contribution in [2.24, 2.45) is 0 Å². The van der Waals surface area contributed by atoms with Crippen LogP contribution < -0.4 is 5.32 Å². The summed E-state index contributed by atoms with van der Waals surface area (Å²) in [6.07, 6.45) is -0.762. The maximum absolute atomic E-state index is 10.1. The normalized spacial score (nSPS) is 12.4. The van der Waals surface area contributed by atoms with Gasteiger partial charge in [-0.1, -0.05) is 29.3 Å². The summed E-state index contributed by atoms with van der Waals surface area (Å²) in [4.78, 5) is 4.23. The van der Waals surface area contributed by atoms with Gasteiger partial charge in [0.05, 0.1) is 11.8 Å². The fourth-order valence-electron chi connectivity index (χ4n) is 1.94. The Morgan fingerprint density at radius 2 is 2.00 bits per heavy atom. The summed E-state index contributed by atoms with van der Waals surface area (Å²) >= 11 is 11.9. The van der Waals surface area contributed by atoms with Crippen LogP contribution in [0.2, 0.25) is 10.0 Å². The Bertz CT molecular complexity index is 635. The summed E-state index contributed by atoms with van der Waals surface area (Å²) in [5.74, 6) is 0.132. The van der Waals surface area contributed by atoms with E-state index in [1.54, 1.807) is 30.3 Å². The van der Waals surface area contributed by atoms with Crippen molar-refractivity contribution in [3.05, 3.63) is 57.3 Å². The van der Waals surface area contributed by atoms with Gasteiger partial charge in [0.25, 0.3) is 0 Å². The molecule has 0 bridgehead atoms. The molecule has 3 N–H and O–H groups in total. The average molecular weight is 327 g/mol. The predicted molar refractivity (Wildman–Crippen MR) is 83.8 cm³/mol. The molecule has 4 nitrogen and oxygen atoms in total. The van der Waals surface area contributed by atoms with Gasteiger partial charge in [-0.05, 0) is 31.2 Å². The summed E-state index contributed by atoms with van der Waals surface area (Å²) in [6.45, 7) is 2.50. The lowest BCUT2D eigenvalue weighted by Gasteiger charge is -2.14. The van der Waals surface area contributed by atoms with Crippen LogP contribution in [0.1, 0.15) is 23.1 Å². The highest BCUT2D eigenvalue weighted by Crippen LogP contribution is 2.26. The summed E-state index contributed by atoms with van der Waals surface area (Å²) < 4.78 is 0. The number of nitrogens with zero attached hydrogens (tertiary/aromatic N) is 1. The summed E-state index contributed by atoms with van der Waals surface area (Å²) in [6, 6.07) is 8.31. The average Bonchev–Trinajstić information content (AvgIpc) is 2.42. The van der Waals surface area contributed by atoms with Crippen LogP contribution in [-0.2, 0) is 6.54 Å². The molecule has 1 atom stereocenters. The van der Waals surface area contributed by atoms with Gasteiger partial charge in [-0.2, -0.15) is 0 Å². The number of aliphatic hydroxyl groups is 1. The summed E-state index contributed by atoms with van der Waals surface area (Å²) in [7, 11) is 0. The molecule has 112 valence electrons. The number of nitrogens with one attached hydrogen (secondary N) is 1. The lowest BCUT2D eigenvalue weighted by atomic mass is 10.1. The molecule has 0 aliphatic carbocycles. The Hall–Kier alpha value is -1.33. The summed E-state index contributed by atoms with van der Waals surface area (Å²) in [5.41, 5.74) is 1.98. The van der Waals surface area contributed by atoms with Crippen molar-refractivity contribution in [1.82, 2.24) is 10.3 Å². The molecule has 0 spiro atoms. The number of aromatic nitrogens is 1. The molecule has 0 radical (unpaired) electrons. The number of aryl methyl sites for hydroxylation is 1.